The highest BCUT2D eigenvalue weighted by atomic mass is 32.1. The monoisotopic (exact) mass is 185 g/mol. The molecule has 70 valence electrons. The third-order valence-electron chi connectivity index (χ3n) is 2.59. The van der Waals surface area contributed by atoms with Gasteiger partial charge in [-0.25, -0.2) is 0 Å². The molecule has 0 aromatic rings. The SMILES string of the molecule is CCN(CC)C1C=CC(S)CC1. The van der Waals surface area contributed by atoms with Crippen LogP contribution in [0.5, 0.6) is 0 Å². The van der Waals surface area contributed by atoms with Crippen molar-refractivity contribution < 1.29 is 0 Å². The highest BCUT2D eigenvalue weighted by Gasteiger charge is 2.17. The van der Waals surface area contributed by atoms with Crippen LogP contribution in [0, 0.1) is 0 Å². The van der Waals surface area contributed by atoms with Gasteiger partial charge in [-0.1, -0.05) is 26.0 Å². The highest BCUT2D eigenvalue weighted by Crippen LogP contribution is 2.19. The van der Waals surface area contributed by atoms with Crippen LogP contribution in [0.15, 0.2) is 12.2 Å². The van der Waals surface area contributed by atoms with Gasteiger partial charge in [-0.2, -0.15) is 12.6 Å². The van der Waals surface area contributed by atoms with E-state index >= 15 is 0 Å². The van der Waals surface area contributed by atoms with E-state index in [-0.39, 0.29) is 0 Å². The molecule has 0 spiro atoms. The summed E-state index contributed by atoms with van der Waals surface area (Å²) in [6.07, 6.45) is 7.04. The molecular weight excluding hydrogens is 166 g/mol. The molecule has 0 bridgehead atoms. The second kappa shape index (κ2) is 4.93. The van der Waals surface area contributed by atoms with Crippen LogP contribution in [0.1, 0.15) is 26.7 Å². The quantitative estimate of drug-likeness (QED) is 0.522. The van der Waals surface area contributed by atoms with Gasteiger partial charge in [0.05, 0.1) is 0 Å². The Balaban J connectivity index is 2.47. The fraction of sp³-hybridized carbons (Fsp3) is 0.800. The molecule has 0 saturated carbocycles. The summed E-state index contributed by atoms with van der Waals surface area (Å²) < 4.78 is 0. The molecule has 12 heavy (non-hydrogen) atoms. The van der Waals surface area contributed by atoms with E-state index in [2.05, 4.69) is 43.5 Å². The highest BCUT2D eigenvalue weighted by molar-refractivity contribution is 7.81. The van der Waals surface area contributed by atoms with Crippen LogP contribution < -0.4 is 0 Å². The van der Waals surface area contributed by atoms with Crippen molar-refractivity contribution >= 4 is 12.6 Å². The number of hydrogen-bond acceptors (Lipinski definition) is 2. The smallest absolute Gasteiger partial charge is 0.0278 e. The van der Waals surface area contributed by atoms with E-state index in [1.54, 1.807) is 0 Å². The van der Waals surface area contributed by atoms with Crippen molar-refractivity contribution in [2.75, 3.05) is 13.1 Å². The first-order valence-electron chi connectivity index (χ1n) is 4.88. The molecule has 0 heterocycles. The fourth-order valence-corrected chi connectivity index (χ4v) is 2.04. The van der Waals surface area contributed by atoms with Gasteiger partial charge in [-0.15, -0.1) is 0 Å². The molecule has 0 aromatic heterocycles. The summed E-state index contributed by atoms with van der Waals surface area (Å²) in [6.45, 7) is 6.76. The number of thiol groups is 1. The maximum absolute atomic E-state index is 4.42. The third-order valence-corrected chi connectivity index (χ3v) is 3.03. The first-order valence-corrected chi connectivity index (χ1v) is 5.40. The second-order valence-electron chi connectivity index (χ2n) is 3.32. The molecule has 1 rings (SSSR count). The van der Waals surface area contributed by atoms with Gasteiger partial charge in [0.15, 0.2) is 0 Å². The maximum Gasteiger partial charge on any atom is 0.0278 e. The van der Waals surface area contributed by atoms with Crippen LogP contribution in [0.4, 0.5) is 0 Å². The normalized spacial score (nSPS) is 29.7. The van der Waals surface area contributed by atoms with Gasteiger partial charge in [0.25, 0.3) is 0 Å². The predicted molar refractivity (Wildman–Crippen MR) is 57.9 cm³/mol. The zero-order chi connectivity index (χ0) is 8.97. The van der Waals surface area contributed by atoms with Crippen molar-refractivity contribution in [2.45, 2.75) is 38.0 Å². The lowest BCUT2D eigenvalue weighted by Gasteiger charge is -2.30. The van der Waals surface area contributed by atoms with Crippen LogP contribution in [-0.2, 0) is 0 Å². The standard InChI is InChI=1S/C10H19NS/c1-3-11(4-2)9-5-7-10(12)8-6-9/h5,7,9-10,12H,3-4,6,8H2,1-2H3. The average molecular weight is 185 g/mol. The lowest BCUT2D eigenvalue weighted by molar-refractivity contribution is 0.237. The molecule has 1 aliphatic rings. The predicted octanol–water partition coefficient (Wildman–Crippen LogP) is 2.35. The summed E-state index contributed by atoms with van der Waals surface area (Å²) >= 11 is 4.42. The van der Waals surface area contributed by atoms with Crippen LogP contribution >= 0.6 is 12.6 Å². The Morgan fingerprint density at radius 1 is 1.25 bits per heavy atom. The molecular formula is C10H19NS. The minimum atomic E-state index is 0.497. The Labute approximate surface area is 81.2 Å². The Kier molecular flexibility index (Phi) is 4.16. The zero-order valence-electron chi connectivity index (χ0n) is 8.03. The molecule has 2 heteroatoms. The van der Waals surface area contributed by atoms with E-state index in [0.29, 0.717) is 11.3 Å². The summed E-state index contributed by atoms with van der Waals surface area (Å²) in [5.41, 5.74) is 0. The molecule has 1 aliphatic carbocycles. The zero-order valence-corrected chi connectivity index (χ0v) is 8.93. The third kappa shape index (κ3) is 2.53. The average Bonchev–Trinajstić information content (AvgIpc) is 2.10. The summed E-state index contributed by atoms with van der Waals surface area (Å²) in [4.78, 5) is 2.50. The van der Waals surface area contributed by atoms with E-state index in [1.807, 2.05) is 0 Å². The summed E-state index contributed by atoms with van der Waals surface area (Å²) in [7, 11) is 0. The Morgan fingerprint density at radius 3 is 2.33 bits per heavy atom. The molecule has 0 radical (unpaired) electrons. The lowest BCUT2D eigenvalue weighted by Crippen LogP contribution is -2.35. The van der Waals surface area contributed by atoms with Gasteiger partial charge in [-0.3, -0.25) is 4.90 Å². The van der Waals surface area contributed by atoms with E-state index in [0.717, 1.165) is 13.1 Å². The molecule has 1 nitrogen and oxygen atoms in total. The molecule has 0 fully saturated rings. The Morgan fingerprint density at radius 2 is 1.92 bits per heavy atom. The Hall–Kier alpha value is 0.0500. The molecule has 2 atom stereocenters. The first kappa shape index (κ1) is 10.1. The van der Waals surface area contributed by atoms with E-state index < -0.39 is 0 Å². The summed E-state index contributed by atoms with van der Waals surface area (Å²) in [6, 6.07) is 0.670. The van der Waals surface area contributed by atoms with Gasteiger partial charge >= 0.3 is 0 Å². The summed E-state index contributed by atoms with van der Waals surface area (Å²) in [5.74, 6) is 0. The van der Waals surface area contributed by atoms with Crippen molar-refractivity contribution in [3.63, 3.8) is 0 Å². The van der Waals surface area contributed by atoms with E-state index in [4.69, 9.17) is 0 Å². The van der Waals surface area contributed by atoms with E-state index in [9.17, 15) is 0 Å². The molecule has 0 N–H and O–H groups in total. The first-order chi connectivity index (χ1) is 5.77. The summed E-state index contributed by atoms with van der Waals surface area (Å²) in [5, 5.41) is 0.497. The van der Waals surface area contributed by atoms with Crippen molar-refractivity contribution in [3.05, 3.63) is 12.2 Å². The van der Waals surface area contributed by atoms with Gasteiger partial charge in [0.2, 0.25) is 0 Å². The van der Waals surface area contributed by atoms with Crippen molar-refractivity contribution in [1.29, 1.82) is 0 Å². The number of hydrogen-bond donors (Lipinski definition) is 1. The minimum Gasteiger partial charge on any atom is -0.297 e. The largest absolute Gasteiger partial charge is 0.297 e. The van der Waals surface area contributed by atoms with Gasteiger partial charge in [0.1, 0.15) is 0 Å². The Bertz CT molecular complexity index is 152. The van der Waals surface area contributed by atoms with Crippen molar-refractivity contribution in [2.24, 2.45) is 0 Å². The van der Waals surface area contributed by atoms with Gasteiger partial charge in [0, 0.05) is 11.3 Å². The fourth-order valence-electron chi connectivity index (χ4n) is 1.79. The van der Waals surface area contributed by atoms with Gasteiger partial charge < -0.3 is 0 Å². The van der Waals surface area contributed by atoms with Crippen LogP contribution in [0.3, 0.4) is 0 Å². The molecule has 0 aromatic carbocycles. The number of rotatable bonds is 3. The molecule has 2 unspecified atom stereocenters. The van der Waals surface area contributed by atoms with Crippen LogP contribution in [0.25, 0.3) is 0 Å². The van der Waals surface area contributed by atoms with Gasteiger partial charge in [-0.05, 0) is 25.9 Å². The van der Waals surface area contributed by atoms with E-state index in [1.165, 1.54) is 12.8 Å². The molecule has 0 amide bonds. The maximum atomic E-state index is 4.42. The van der Waals surface area contributed by atoms with Crippen molar-refractivity contribution in [3.8, 4) is 0 Å². The second-order valence-corrected chi connectivity index (χ2v) is 3.98. The molecule has 0 saturated heterocycles. The number of likely N-dealkylation sites (N-methyl/N-ethyl adjacent to an activating group) is 1. The van der Waals surface area contributed by atoms with Crippen LogP contribution in [0.2, 0.25) is 0 Å². The topological polar surface area (TPSA) is 3.24 Å². The number of nitrogens with zero attached hydrogens (tertiary/aromatic N) is 1. The minimum absolute atomic E-state index is 0.497. The van der Waals surface area contributed by atoms with Crippen LogP contribution in [-0.4, -0.2) is 29.3 Å². The molecule has 0 aliphatic heterocycles. The van der Waals surface area contributed by atoms with Crippen molar-refractivity contribution in [1.82, 2.24) is 4.90 Å². The lowest BCUT2D eigenvalue weighted by atomic mass is 10.0.